The molecule has 1 aliphatic rings. The van der Waals surface area contributed by atoms with Gasteiger partial charge in [-0.25, -0.2) is 0 Å². The first-order chi connectivity index (χ1) is 10.6. The van der Waals surface area contributed by atoms with Crippen molar-refractivity contribution in [3.8, 4) is 0 Å². The highest BCUT2D eigenvalue weighted by atomic mass is 16.5. The summed E-state index contributed by atoms with van der Waals surface area (Å²) in [5.74, 6) is -0.232. The van der Waals surface area contributed by atoms with Crippen LogP contribution in [0.25, 0.3) is 10.9 Å². The standard InChI is InChI=1S/C18H23NO3/c1-4-12-7-6-8-13-14-9-10-22-18(5-2,11-15(20)21-3)17(14)19-16(12)13/h6-8,19H,4-5,9-11H2,1-3H3/t18-/m1/s1. The van der Waals surface area contributed by atoms with E-state index in [4.69, 9.17) is 9.47 Å². The van der Waals surface area contributed by atoms with Crippen LogP contribution in [0.2, 0.25) is 0 Å². The summed E-state index contributed by atoms with van der Waals surface area (Å²) in [6.07, 6.45) is 2.85. The Bertz CT molecular complexity index is 704. The number of nitrogens with one attached hydrogen (secondary N) is 1. The molecule has 0 saturated carbocycles. The molecule has 0 bridgehead atoms. The van der Waals surface area contributed by atoms with E-state index in [0.29, 0.717) is 6.61 Å². The number of rotatable bonds is 4. The van der Waals surface area contributed by atoms with E-state index in [2.05, 4.69) is 37.0 Å². The number of fused-ring (bicyclic) bond motifs is 3. The zero-order valence-electron chi connectivity index (χ0n) is 13.5. The van der Waals surface area contributed by atoms with E-state index in [1.165, 1.54) is 29.1 Å². The van der Waals surface area contributed by atoms with Crippen LogP contribution < -0.4 is 0 Å². The van der Waals surface area contributed by atoms with E-state index in [1.54, 1.807) is 0 Å². The summed E-state index contributed by atoms with van der Waals surface area (Å²) in [4.78, 5) is 15.5. The Labute approximate surface area is 130 Å². The Kier molecular flexibility index (Phi) is 3.96. The Balaban J connectivity index is 2.18. The van der Waals surface area contributed by atoms with Crippen LogP contribution in [0, 0.1) is 0 Å². The van der Waals surface area contributed by atoms with Crippen LogP contribution in [0.1, 0.15) is 43.5 Å². The average Bonchev–Trinajstić information content (AvgIpc) is 2.94. The van der Waals surface area contributed by atoms with Crippen LogP contribution in [-0.4, -0.2) is 24.7 Å². The Morgan fingerprint density at radius 3 is 2.91 bits per heavy atom. The maximum Gasteiger partial charge on any atom is 0.308 e. The Hall–Kier alpha value is -1.81. The normalized spacial score (nSPS) is 20.9. The number of hydrogen-bond acceptors (Lipinski definition) is 3. The van der Waals surface area contributed by atoms with Crippen LogP contribution in [0.3, 0.4) is 0 Å². The topological polar surface area (TPSA) is 51.3 Å². The number of methoxy groups -OCH3 is 1. The first kappa shape index (κ1) is 15.1. The minimum atomic E-state index is -0.593. The predicted octanol–water partition coefficient (Wildman–Crippen LogP) is 3.47. The number of aromatic nitrogens is 1. The zero-order chi connectivity index (χ0) is 15.7. The number of hydrogen-bond donors (Lipinski definition) is 1. The van der Waals surface area contributed by atoms with Gasteiger partial charge in [-0.15, -0.1) is 0 Å². The zero-order valence-corrected chi connectivity index (χ0v) is 13.5. The van der Waals surface area contributed by atoms with E-state index in [0.717, 1.165) is 25.0 Å². The maximum absolute atomic E-state index is 11.9. The van der Waals surface area contributed by atoms with Crippen LogP contribution in [0.5, 0.6) is 0 Å². The van der Waals surface area contributed by atoms with E-state index in [-0.39, 0.29) is 12.4 Å². The molecule has 0 spiro atoms. The molecule has 1 aromatic heterocycles. The molecule has 0 aliphatic carbocycles. The van der Waals surface area contributed by atoms with Crippen molar-refractivity contribution in [3.05, 3.63) is 35.0 Å². The molecule has 1 aromatic carbocycles. The SMILES string of the molecule is CCc1cccc2c3c([nH]c12)[C@@](CC)(CC(=O)OC)OCC3. The van der Waals surface area contributed by atoms with Gasteiger partial charge in [0, 0.05) is 10.9 Å². The fourth-order valence-corrected chi connectivity index (χ4v) is 3.55. The summed E-state index contributed by atoms with van der Waals surface area (Å²) in [6, 6.07) is 6.42. The van der Waals surface area contributed by atoms with Crippen molar-refractivity contribution in [1.82, 2.24) is 4.98 Å². The molecule has 3 rings (SSSR count). The summed E-state index contributed by atoms with van der Waals surface area (Å²) in [6.45, 7) is 4.86. The van der Waals surface area contributed by atoms with Crippen LogP contribution >= 0.6 is 0 Å². The minimum absolute atomic E-state index is 0.232. The molecule has 4 nitrogen and oxygen atoms in total. The van der Waals surface area contributed by atoms with E-state index >= 15 is 0 Å². The summed E-state index contributed by atoms with van der Waals surface area (Å²) < 4.78 is 11.0. The molecule has 2 aromatic rings. The fourth-order valence-electron chi connectivity index (χ4n) is 3.55. The van der Waals surface area contributed by atoms with Crippen LogP contribution in [-0.2, 0) is 32.7 Å². The summed E-state index contributed by atoms with van der Waals surface area (Å²) in [5, 5.41) is 1.26. The highest BCUT2D eigenvalue weighted by Crippen LogP contribution is 2.42. The quantitative estimate of drug-likeness (QED) is 0.880. The number of esters is 1. The second-order valence-electron chi connectivity index (χ2n) is 5.87. The highest BCUT2D eigenvalue weighted by Gasteiger charge is 2.41. The molecule has 2 heterocycles. The van der Waals surface area contributed by atoms with Crippen molar-refractivity contribution in [2.45, 2.75) is 45.1 Å². The second kappa shape index (κ2) is 5.76. The molecule has 0 saturated heterocycles. The molecule has 118 valence electrons. The first-order valence-corrected chi connectivity index (χ1v) is 7.99. The van der Waals surface area contributed by atoms with Gasteiger partial charge in [0.15, 0.2) is 0 Å². The predicted molar refractivity (Wildman–Crippen MR) is 85.9 cm³/mol. The molecule has 22 heavy (non-hydrogen) atoms. The third kappa shape index (κ3) is 2.22. The minimum Gasteiger partial charge on any atom is -0.469 e. The second-order valence-corrected chi connectivity index (χ2v) is 5.87. The smallest absolute Gasteiger partial charge is 0.308 e. The number of H-pyrrole nitrogens is 1. The van der Waals surface area contributed by atoms with Crippen molar-refractivity contribution in [1.29, 1.82) is 0 Å². The van der Waals surface area contributed by atoms with Gasteiger partial charge >= 0.3 is 5.97 Å². The van der Waals surface area contributed by atoms with Gasteiger partial charge in [-0.05, 0) is 30.4 Å². The lowest BCUT2D eigenvalue weighted by atomic mass is 9.86. The van der Waals surface area contributed by atoms with Gasteiger partial charge in [0.05, 0.1) is 25.8 Å². The first-order valence-electron chi connectivity index (χ1n) is 7.99. The Morgan fingerprint density at radius 2 is 2.23 bits per heavy atom. The molecule has 1 atom stereocenters. The van der Waals surface area contributed by atoms with E-state index < -0.39 is 5.60 Å². The molecule has 0 unspecified atom stereocenters. The summed E-state index contributed by atoms with van der Waals surface area (Å²) >= 11 is 0. The van der Waals surface area contributed by atoms with Gasteiger partial charge in [0.25, 0.3) is 0 Å². The molecular weight excluding hydrogens is 278 g/mol. The Morgan fingerprint density at radius 1 is 1.41 bits per heavy atom. The number of aryl methyl sites for hydroxylation is 1. The van der Waals surface area contributed by atoms with Crippen molar-refractivity contribution in [3.63, 3.8) is 0 Å². The van der Waals surface area contributed by atoms with Crippen LogP contribution in [0.4, 0.5) is 0 Å². The molecule has 0 radical (unpaired) electrons. The monoisotopic (exact) mass is 301 g/mol. The van der Waals surface area contributed by atoms with Crippen molar-refractivity contribution >= 4 is 16.9 Å². The van der Waals surface area contributed by atoms with E-state index in [9.17, 15) is 4.79 Å². The van der Waals surface area contributed by atoms with E-state index in [1.807, 2.05) is 0 Å². The number of benzene rings is 1. The summed E-state index contributed by atoms with van der Waals surface area (Å²) in [7, 11) is 1.43. The lowest BCUT2D eigenvalue weighted by molar-refractivity contribution is -0.152. The fraction of sp³-hybridized carbons (Fsp3) is 0.500. The van der Waals surface area contributed by atoms with Gasteiger partial charge in [0.1, 0.15) is 5.60 Å². The lowest BCUT2D eigenvalue weighted by Crippen LogP contribution is -2.37. The van der Waals surface area contributed by atoms with Gasteiger partial charge in [-0.3, -0.25) is 4.79 Å². The lowest BCUT2D eigenvalue weighted by Gasteiger charge is -2.35. The molecule has 1 aliphatic heterocycles. The number of aromatic amines is 1. The molecule has 0 amide bonds. The third-order valence-electron chi connectivity index (χ3n) is 4.82. The number of carbonyl (C=O) groups excluding carboxylic acids is 1. The van der Waals surface area contributed by atoms with Gasteiger partial charge in [-0.1, -0.05) is 32.0 Å². The van der Waals surface area contributed by atoms with Crippen molar-refractivity contribution in [2.75, 3.05) is 13.7 Å². The van der Waals surface area contributed by atoms with Crippen LogP contribution in [0.15, 0.2) is 18.2 Å². The molecule has 1 N–H and O–H groups in total. The van der Waals surface area contributed by atoms with Gasteiger partial charge in [0.2, 0.25) is 0 Å². The van der Waals surface area contributed by atoms with Gasteiger partial charge < -0.3 is 14.5 Å². The third-order valence-corrected chi connectivity index (χ3v) is 4.82. The van der Waals surface area contributed by atoms with Gasteiger partial charge in [-0.2, -0.15) is 0 Å². The average molecular weight is 301 g/mol. The number of para-hydroxylation sites is 1. The largest absolute Gasteiger partial charge is 0.469 e. The molecule has 0 fully saturated rings. The van der Waals surface area contributed by atoms with Crippen molar-refractivity contribution in [2.24, 2.45) is 0 Å². The highest BCUT2D eigenvalue weighted by molar-refractivity contribution is 5.88. The molecular formula is C18H23NO3. The maximum atomic E-state index is 11.9. The summed E-state index contributed by atoms with van der Waals surface area (Å²) in [5.41, 5.74) is 4.24. The number of ether oxygens (including phenoxy) is 2. The molecule has 4 heteroatoms. The van der Waals surface area contributed by atoms with Crippen molar-refractivity contribution < 1.29 is 14.3 Å². The number of carbonyl (C=O) groups is 1.